The second-order valence-corrected chi connectivity index (χ2v) is 1.20. The first-order valence-electron chi connectivity index (χ1n) is 0.728. The molecule has 0 radical (unpaired) electrons. The molecule has 4 heteroatoms. The monoisotopic (exact) mass is 202 g/mol. The molecule has 0 spiro atoms. The van der Waals surface area contributed by atoms with Crippen LogP contribution in [0, 0.1) is 5.41 Å². The number of hydrogen-bond acceptors (Lipinski definition) is 1. The highest BCUT2D eigenvalue weighted by Gasteiger charge is 1.57. The van der Waals surface area contributed by atoms with E-state index in [4.69, 9.17) is 5.41 Å². The van der Waals surface area contributed by atoms with E-state index >= 15 is 0 Å². The topological polar surface area (TPSA) is 49.9 Å². The minimum absolute atomic E-state index is 0. The molecule has 0 aromatic heterocycles. The van der Waals surface area contributed by atoms with Crippen molar-refractivity contribution >= 4 is 37.7 Å². The van der Waals surface area contributed by atoms with Crippen molar-refractivity contribution in [3.05, 3.63) is 0 Å². The van der Waals surface area contributed by atoms with Crippen molar-refractivity contribution in [2.45, 2.75) is 0 Å². The van der Waals surface area contributed by atoms with E-state index in [2.05, 4.69) is 21.7 Å². The standard InChI is InChI=1S/CH3BrN2.BrH/c2-1(3)4;/h(H3,3,4);1H. The van der Waals surface area contributed by atoms with Gasteiger partial charge in [-0.2, -0.15) is 0 Å². The molecule has 0 rings (SSSR count). The van der Waals surface area contributed by atoms with Crippen LogP contribution in [-0.2, 0) is 0 Å². The largest absolute Gasteiger partial charge is 0.378 e. The molecular formula is CH4Br2N2. The Morgan fingerprint density at radius 3 is 1.80 bits per heavy atom. The van der Waals surface area contributed by atoms with Gasteiger partial charge in [0.25, 0.3) is 0 Å². The van der Waals surface area contributed by atoms with Crippen molar-refractivity contribution in [3.63, 3.8) is 0 Å². The van der Waals surface area contributed by atoms with Crippen molar-refractivity contribution < 1.29 is 0 Å². The summed E-state index contributed by atoms with van der Waals surface area (Å²) in [6.45, 7) is 0. The van der Waals surface area contributed by atoms with Crippen LogP contribution in [0.3, 0.4) is 0 Å². The van der Waals surface area contributed by atoms with E-state index < -0.39 is 0 Å². The molecule has 2 nitrogen and oxygen atoms in total. The van der Waals surface area contributed by atoms with Crippen molar-refractivity contribution in [2.24, 2.45) is 5.73 Å². The lowest BCUT2D eigenvalue weighted by molar-refractivity contribution is 1.51. The van der Waals surface area contributed by atoms with Gasteiger partial charge in [-0.1, -0.05) is 0 Å². The lowest BCUT2D eigenvalue weighted by atomic mass is 11.4. The van der Waals surface area contributed by atoms with E-state index in [0.29, 0.717) is 0 Å². The molecule has 0 aromatic carbocycles. The molecule has 32 valence electrons. The van der Waals surface area contributed by atoms with Gasteiger partial charge in [-0.15, -0.1) is 17.0 Å². The SMILES string of the molecule is Br.N=C(N)Br. The van der Waals surface area contributed by atoms with Crippen molar-refractivity contribution in [1.82, 2.24) is 0 Å². The molecule has 0 bridgehead atoms. The molecule has 0 aliphatic carbocycles. The predicted octanol–water partition coefficient (Wildman–Crippen LogP) is 0.853. The summed E-state index contributed by atoms with van der Waals surface area (Å²) in [5, 5.41) is 6.19. The van der Waals surface area contributed by atoms with Crippen LogP contribution < -0.4 is 5.73 Å². The molecule has 0 unspecified atom stereocenters. The quantitative estimate of drug-likeness (QED) is 0.343. The zero-order valence-electron chi connectivity index (χ0n) is 2.36. The Balaban J connectivity index is 0. The Morgan fingerprint density at radius 2 is 1.80 bits per heavy atom. The number of amidine groups is 1. The Morgan fingerprint density at radius 1 is 1.80 bits per heavy atom. The van der Waals surface area contributed by atoms with E-state index in [-0.39, 0.29) is 21.7 Å². The molecular weight excluding hydrogens is 200 g/mol. The van der Waals surface area contributed by atoms with Crippen molar-refractivity contribution in [1.29, 1.82) is 5.41 Å². The number of nitrogens with one attached hydrogen (secondary N) is 1. The van der Waals surface area contributed by atoms with E-state index in [1.54, 1.807) is 0 Å². The Bertz CT molecular complexity index is 30.6. The number of nitrogens with two attached hydrogens (primary N) is 1. The predicted molar refractivity (Wildman–Crippen MR) is 31.2 cm³/mol. The fourth-order valence-electron chi connectivity index (χ4n) is 0. The maximum atomic E-state index is 6.19. The van der Waals surface area contributed by atoms with Crippen LogP contribution >= 0.6 is 32.9 Å². The fraction of sp³-hybridized carbons (Fsp3) is 0. The van der Waals surface area contributed by atoms with Crippen molar-refractivity contribution in [3.8, 4) is 0 Å². The number of hydrogen-bond donors (Lipinski definition) is 2. The van der Waals surface area contributed by atoms with E-state index in [1.165, 1.54) is 0 Å². The van der Waals surface area contributed by atoms with Crippen LogP contribution in [-0.4, -0.2) is 4.74 Å². The van der Waals surface area contributed by atoms with Crippen LogP contribution in [0.2, 0.25) is 0 Å². The van der Waals surface area contributed by atoms with Crippen molar-refractivity contribution in [2.75, 3.05) is 0 Å². The van der Waals surface area contributed by atoms with Crippen LogP contribution in [0.1, 0.15) is 0 Å². The molecule has 0 aromatic rings. The van der Waals surface area contributed by atoms with Gasteiger partial charge in [-0.05, 0) is 15.9 Å². The summed E-state index contributed by atoms with van der Waals surface area (Å²) in [5.74, 6) is 0. The summed E-state index contributed by atoms with van der Waals surface area (Å²) in [4.78, 5) is 0. The highest BCUT2D eigenvalue weighted by Crippen LogP contribution is 1.65. The van der Waals surface area contributed by atoms with Gasteiger partial charge >= 0.3 is 0 Å². The van der Waals surface area contributed by atoms with Crippen LogP contribution in [0.25, 0.3) is 0 Å². The number of rotatable bonds is 0. The van der Waals surface area contributed by atoms with Crippen LogP contribution in [0.15, 0.2) is 0 Å². The minimum Gasteiger partial charge on any atom is -0.378 e. The molecule has 0 amide bonds. The minimum atomic E-state index is -0.0208. The first-order chi connectivity index (χ1) is 1.73. The Kier molecular flexibility index (Phi) is 8.03. The van der Waals surface area contributed by atoms with Gasteiger partial charge in [-0.3, -0.25) is 5.41 Å². The van der Waals surface area contributed by atoms with Gasteiger partial charge in [0.05, 0.1) is 0 Å². The highest BCUT2D eigenvalue weighted by molar-refractivity contribution is 9.18. The third-order valence-corrected chi connectivity index (χ3v) is 0. The summed E-state index contributed by atoms with van der Waals surface area (Å²) in [6.07, 6.45) is 0. The van der Waals surface area contributed by atoms with E-state index in [9.17, 15) is 0 Å². The van der Waals surface area contributed by atoms with Crippen LogP contribution in [0.5, 0.6) is 0 Å². The zero-order valence-corrected chi connectivity index (χ0v) is 5.66. The normalized spacial score (nSPS) is 5.00. The number of halogens is 2. The smallest absolute Gasteiger partial charge is 0.160 e. The summed E-state index contributed by atoms with van der Waals surface area (Å²) >= 11 is 2.63. The second kappa shape index (κ2) is 4.43. The zero-order chi connectivity index (χ0) is 3.58. The molecule has 0 saturated heterocycles. The van der Waals surface area contributed by atoms with Crippen LogP contribution in [0.4, 0.5) is 0 Å². The highest BCUT2D eigenvalue weighted by atomic mass is 79.9. The van der Waals surface area contributed by atoms with Gasteiger partial charge in [0, 0.05) is 0 Å². The third-order valence-electron chi connectivity index (χ3n) is 0. The molecule has 0 aliphatic heterocycles. The van der Waals surface area contributed by atoms with E-state index in [0.717, 1.165) is 0 Å². The van der Waals surface area contributed by atoms with Gasteiger partial charge in [0.1, 0.15) is 0 Å². The summed E-state index contributed by atoms with van der Waals surface area (Å²) in [6, 6.07) is 0. The summed E-state index contributed by atoms with van der Waals surface area (Å²) in [5.41, 5.74) is 4.61. The van der Waals surface area contributed by atoms with Gasteiger partial charge in [0.15, 0.2) is 4.74 Å². The van der Waals surface area contributed by atoms with Gasteiger partial charge < -0.3 is 5.73 Å². The molecule has 5 heavy (non-hydrogen) atoms. The Labute approximate surface area is 49.1 Å². The lowest BCUT2D eigenvalue weighted by Gasteiger charge is -1.63. The maximum Gasteiger partial charge on any atom is 0.160 e. The van der Waals surface area contributed by atoms with Gasteiger partial charge in [-0.25, -0.2) is 0 Å². The Hall–Kier alpha value is 0.430. The second-order valence-electron chi connectivity index (χ2n) is 0.348. The molecule has 0 atom stereocenters. The maximum absolute atomic E-state index is 6.19. The van der Waals surface area contributed by atoms with E-state index in [1.807, 2.05) is 0 Å². The summed E-state index contributed by atoms with van der Waals surface area (Å²) < 4.78 is -0.0208. The average Bonchev–Trinajstić information content (AvgIpc) is 0.811. The molecule has 0 fully saturated rings. The summed E-state index contributed by atoms with van der Waals surface area (Å²) in [7, 11) is 0. The molecule has 0 aliphatic rings. The molecule has 0 saturated carbocycles. The average molecular weight is 204 g/mol. The third kappa shape index (κ3) is 141. The first-order valence-corrected chi connectivity index (χ1v) is 1.52. The first kappa shape index (κ1) is 9.06. The molecule has 3 N–H and O–H groups in total. The molecule has 0 heterocycles. The van der Waals surface area contributed by atoms with Gasteiger partial charge in [0.2, 0.25) is 0 Å². The lowest BCUT2D eigenvalue weighted by Crippen LogP contribution is -1.95. The fourth-order valence-corrected chi connectivity index (χ4v) is 0.